The van der Waals surface area contributed by atoms with Gasteiger partial charge in [0.05, 0.1) is 30.6 Å². The number of hydrogen-bond acceptors (Lipinski definition) is 6. The molecular formula is C32H38BrN3O6. The van der Waals surface area contributed by atoms with Crippen LogP contribution in [0.1, 0.15) is 25.8 Å². The van der Waals surface area contributed by atoms with E-state index in [0.717, 1.165) is 24.3 Å². The zero-order valence-corrected chi connectivity index (χ0v) is 25.5. The summed E-state index contributed by atoms with van der Waals surface area (Å²) in [6.45, 7) is 9.49. The van der Waals surface area contributed by atoms with Gasteiger partial charge in [0.15, 0.2) is 0 Å². The predicted molar refractivity (Wildman–Crippen MR) is 164 cm³/mol. The van der Waals surface area contributed by atoms with Gasteiger partial charge in [0.1, 0.15) is 11.6 Å². The number of likely N-dealkylation sites (tertiary alicyclic amines) is 1. The number of benzene rings is 2. The molecule has 0 aromatic heterocycles. The topological polar surface area (TPSA) is 111 Å². The fraction of sp³-hybridized carbons (Fsp3) is 0.469. The molecule has 0 aliphatic carbocycles. The molecule has 224 valence electrons. The van der Waals surface area contributed by atoms with Gasteiger partial charge in [0.25, 0.3) is 5.91 Å². The van der Waals surface area contributed by atoms with Crippen LogP contribution in [0.3, 0.4) is 0 Å². The normalized spacial score (nSPS) is 28.4. The third-order valence-corrected chi connectivity index (χ3v) is 9.88. The number of fused-ring (bicyclic) bond motifs is 1. The van der Waals surface area contributed by atoms with Crippen molar-refractivity contribution < 1.29 is 29.3 Å². The van der Waals surface area contributed by atoms with Gasteiger partial charge in [0.2, 0.25) is 5.91 Å². The summed E-state index contributed by atoms with van der Waals surface area (Å²) in [5.74, 6) is -4.13. The first-order valence-electron chi connectivity index (χ1n) is 14.5. The van der Waals surface area contributed by atoms with E-state index >= 15 is 0 Å². The highest BCUT2D eigenvalue weighted by molar-refractivity contribution is 9.09. The summed E-state index contributed by atoms with van der Waals surface area (Å²) in [4.78, 5) is 46.4. The lowest BCUT2D eigenvalue weighted by Gasteiger charge is -2.39. The van der Waals surface area contributed by atoms with Crippen LogP contribution in [-0.4, -0.2) is 87.8 Å². The Morgan fingerprint density at radius 2 is 1.79 bits per heavy atom. The molecule has 7 atom stereocenters. The minimum Gasteiger partial charge on any atom is -0.481 e. The molecule has 2 aromatic carbocycles. The van der Waals surface area contributed by atoms with E-state index in [1.54, 1.807) is 11.0 Å². The first-order valence-corrected chi connectivity index (χ1v) is 15.4. The number of ether oxygens (including phenoxy) is 1. The van der Waals surface area contributed by atoms with Crippen LogP contribution in [0.2, 0.25) is 0 Å². The summed E-state index contributed by atoms with van der Waals surface area (Å²) < 4.78 is 6.44. The second kappa shape index (κ2) is 12.2. The van der Waals surface area contributed by atoms with Crippen molar-refractivity contribution in [2.45, 2.75) is 55.3 Å². The minimum atomic E-state index is -1.35. The van der Waals surface area contributed by atoms with E-state index in [1.165, 1.54) is 4.90 Å². The van der Waals surface area contributed by atoms with Gasteiger partial charge < -0.3 is 29.6 Å². The van der Waals surface area contributed by atoms with Crippen LogP contribution >= 0.6 is 15.9 Å². The number of anilines is 2. The second-order valence-electron chi connectivity index (χ2n) is 11.2. The van der Waals surface area contributed by atoms with E-state index in [1.807, 2.05) is 54.6 Å². The molecule has 2 N–H and O–H groups in total. The van der Waals surface area contributed by atoms with Gasteiger partial charge in [-0.2, -0.15) is 0 Å². The Bertz CT molecular complexity index is 1320. The van der Waals surface area contributed by atoms with Gasteiger partial charge >= 0.3 is 5.97 Å². The van der Waals surface area contributed by atoms with Crippen molar-refractivity contribution in [2.75, 3.05) is 36.0 Å². The average molecular weight is 641 g/mol. The summed E-state index contributed by atoms with van der Waals surface area (Å²) in [6, 6.07) is 15.2. The molecule has 3 heterocycles. The Kier molecular flexibility index (Phi) is 8.78. The number of carboxylic acid groups (broad SMARTS) is 1. The number of amides is 2. The number of aliphatic hydroxyl groups excluding tert-OH is 1. The lowest BCUT2D eigenvalue weighted by atomic mass is 9.70. The summed E-state index contributed by atoms with van der Waals surface area (Å²) in [5.41, 5.74) is 1.20. The second-order valence-corrected chi connectivity index (χ2v) is 12.4. The largest absolute Gasteiger partial charge is 0.481 e. The van der Waals surface area contributed by atoms with Gasteiger partial charge in [-0.3, -0.25) is 14.4 Å². The summed E-state index contributed by atoms with van der Waals surface area (Å²) in [7, 11) is 0. The Hall–Kier alpha value is -3.21. The fourth-order valence-corrected chi connectivity index (χ4v) is 8.13. The average Bonchev–Trinajstić information content (AvgIpc) is 3.59. The molecule has 3 saturated heterocycles. The molecule has 2 amide bonds. The highest BCUT2D eigenvalue weighted by Gasteiger charge is 2.77. The monoisotopic (exact) mass is 639 g/mol. The molecule has 9 nitrogen and oxygen atoms in total. The Labute approximate surface area is 254 Å². The Morgan fingerprint density at radius 1 is 1.14 bits per heavy atom. The zero-order chi connectivity index (χ0) is 30.2. The summed E-state index contributed by atoms with van der Waals surface area (Å²) >= 11 is 3.59. The molecule has 1 spiro atoms. The SMILES string of the molecule is C=CCN(C(=O)[C@@H]1N([C@@H](CO)Cc2ccccc2)C(=O)[C@H]2[C@H](C(=O)O)[C@H]3O[C@@]12CC3Br)c1ccc(N(CC)CC)cc1. The van der Waals surface area contributed by atoms with Gasteiger partial charge in [-0.25, -0.2) is 0 Å². The maximum atomic E-state index is 14.8. The van der Waals surface area contributed by atoms with Crippen LogP contribution < -0.4 is 9.80 Å². The van der Waals surface area contributed by atoms with Crippen molar-refractivity contribution in [3.8, 4) is 0 Å². The van der Waals surface area contributed by atoms with Gasteiger partial charge in [-0.05, 0) is 56.5 Å². The van der Waals surface area contributed by atoms with Crippen molar-refractivity contribution in [1.82, 2.24) is 4.90 Å². The smallest absolute Gasteiger partial charge is 0.310 e. The third kappa shape index (κ3) is 4.93. The molecule has 5 rings (SSSR count). The number of rotatable bonds is 12. The maximum absolute atomic E-state index is 14.8. The first-order chi connectivity index (χ1) is 20.2. The highest BCUT2D eigenvalue weighted by atomic mass is 79.9. The number of aliphatic hydroxyl groups is 1. The van der Waals surface area contributed by atoms with Crippen LogP contribution in [0.4, 0.5) is 11.4 Å². The van der Waals surface area contributed by atoms with Crippen LogP contribution in [0.25, 0.3) is 0 Å². The van der Waals surface area contributed by atoms with Crippen LogP contribution in [0.15, 0.2) is 67.3 Å². The number of carboxylic acids is 1. The van der Waals surface area contributed by atoms with Crippen molar-refractivity contribution in [1.29, 1.82) is 0 Å². The lowest BCUT2D eigenvalue weighted by Crippen LogP contribution is -2.59. The molecule has 42 heavy (non-hydrogen) atoms. The predicted octanol–water partition coefficient (Wildman–Crippen LogP) is 3.49. The number of carbonyl (C=O) groups is 3. The maximum Gasteiger partial charge on any atom is 0.310 e. The van der Waals surface area contributed by atoms with Crippen molar-refractivity contribution in [3.63, 3.8) is 0 Å². The van der Waals surface area contributed by atoms with Crippen LogP contribution in [0.5, 0.6) is 0 Å². The molecule has 2 bridgehead atoms. The molecule has 0 saturated carbocycles. The van der Waals surface area contributed by atoms with E-state index in [4.69, 9.17) is 4.74 Å². The summed E-state index contributed by atoms with van der Waals surface area (Å²) in [5, 5.41) is 20.8. The zero-order valence-electron chi connectivity index (χ0n) is 23.9. The number of aliphatic carboxylic acids is 1. The van der Waals surface area contributed by atoms with E-state index in [0.29, 0.717) is 18.5 Å². The molecular weight excluding hydrogens is 602 g/mol. The third-order valence-electron chi connectivity index (χ3n) is 9.03. The summed E-state index contributed by atoms with van der Waals surface area (Å²) in [6.07, 6.45) is 1.49. The fourth-order valence-electron chi connectivity index (χ4n) is 7.19. The van der Waals surface area contributed by atoms with Crippen molar-refractivity contribution in [2.24, 2.45) is 11.8 Å². The number of carbonyl (C=O) groups excluding carboxylic acids is 2. The van der Waals surface area contributed by atoms with Crippen LogP contribution in [0, 0.1) is 11.8 Å². The molecule has 3 aliphatic rings. The molecule has 10 heteroatoms. The number of hydrogen-bond donors (Lipinski definition) is 2. The van der Waals surface area contributed by atoms with E-state index in [2.05, 4.69) is 41.3 Å². The Morgan fingerprint density at radius 3 is 2.36 bits per heavy atom. The van der Waals surface area contributed by atoms with Crippen molar-refractivity contribution in [3.05, 3.63) is 72.8 Å². The first kappa shape index (κ1) is 30.3. The van der Waals surface area contributed by atoms with Crippen LogP contribution in [-0.2, 0) is 25.5 Å². The number of alkyl halides is 1. The van der Waals surface area contributed by atoms with E-state index in [9.17, 15) is 24.6 Å². The minimum absolute atomic E-state index is 0.175. The van der Waals surface area contributed by atoms with Crippen molar-refractivity contribution >= 4 is 45.1 Å². The van der Waals surface area contributed by atoms with E-state index in [-0.39, 0.29) is 17.3 Å². The molecule has 0 radical (unpaired) electrons. The molecule has 3 aliphatic heterocycles. The highest BCUT2D eigenvalue weighted by Crippen LogP contribution is 2.60. The van der Waals surface area contributed by atoms with Gasteiger partial charge in [-0.15, -0.1) is 6.58 Å². The van der Waals surface area contributed by atoms with E-state index < -0.39 is 54.1 Å². The molecule has 2 aromatic rings. The van der Waals surface area contributed by atoms with Gasteiger partial charge in [-0.1, -0.05) is 52.3 Å². The number of halogens is 1. The molecule has 3 fully saturated rings. The Balaban J connectivity index is 1.59. The molecule has 1 unspecified atom stereocenters. The van der Waals surface area contributed by atoms with Gasteiger partial charge in [0, 0.05) is 35.8 Å². The number of nitrogens with zero attached hydrogens (tertiary/aromatic N) is 3. The quantitative estimate of drug-likeness (QED) is 0.270. The standard InChI is InChI=1S/C32H38BrN3O6/c1-4-16-35(22-14-12-21(13-15-22)34(5-2)6-3)30(39)28-32-18-24(33)27(42-32)25(31(40)41)26(32)29(38)36(28)23(19-37)17-20-10-8-7-9-11-20/h4,7-15,23-28,37H,1,5-6,16-19H2,2-3H3,(H,40,41)/t23-,24?,25+,26-,27+,28+,32-/m1/s1. The lowest BCUT2D eigenvalue weighted by molar-refractivity contribution is -0.150.